The molecule has 0 bridgehead atoms. The van der Waals surface area contributed by atoms with Gasteiger partial charge in [-0.3, -0.25) is 0 Å². The maximum absolute atomic E-state index is 8.53. The number of benzene rings is 6. The number of hydrogen-bond donors (Lipinski definition) is 0. The molecule has 0 spiro atoms. The van der Waals surface area contributed by atoms with Crippen LogP contribution in [-0.4, -0.2) is 0 Å². The quantitative estimate of drug-likeness (QED) is 0.252. The largest absolute Gasteiger partial charge is 0.455 e. The van der Waals surface area contributed by atoms with E-state index in [-0.39, 0.29) is 29.8 Å². The van der Waals surface area contributed by atoms with Gasteiger partial charge in [0, 0.05) is 21.9 Å². The van der Waals surface area contributed by atoms with E-state index in [1.54, 1.807) is 0 Å². The van der Waals surface area contributed by atoms with Gasteiger partial charge in [0.15, 0.2) is 0 Å². The fraction of sp³-hybridized carbons (Fsp3) is 0. The summed E-state index contributed by atoms with van der Waals surface area (Å²) in [4.78, 5) is 0. The Morgan fingerprint density at radius 2 is 1.06 bits per heavy atom. The van der Waals surface area contributed by atoms with Gasteiger partial charge in [0.05, 0.1) is 5.48 Å². The molecule has 0 unspecified atom stereocenters. The van der Waals surface area contributed by atoms with Crippen LogP contribution in [0.4, 0.5) is 0 Å². The molecule has 0 saturated heterocycles. The molecule has 1 heteroatoms. The molecular formula is C32H20O. The molecule has 7 rings (SSSR count). The van der Waals surface area contributed by atoms with Gasteiger partial charge in [0.1, 0.15) is 11.2 Å². The molecule has 0 saturated carbocycles. The smallest absolute Gasteiger partial charge is 0.143 e. The lowest BCUT2D eigenvalue weighted by atomic mass is 9.85. The van der Waals surface area contributed by atoms with Gasteiger partial charge in [0.25, 0.3) is 0 Å². The van der Waals surface area contributed by atoms with Crippen LogP contribution in [-0.2, 0) is 0 Å². The molecule has 0 atom stereocenters. The lowest BCUT2D eigenvalue weighted by molar-refractivity contribution is 0.670. The van der Waals surface area contributed by atoms with Crippen LogP contribution in [0.2, 0.25) is 0 Å². The van der Waals surface area contributed by atoms with Crippen molar-refractivity contribution in [3.05, 3.63) is 121 Å². The summed E-state index contributed by atoms with van der Waals surface area (Å²) in [6, 6.07) is 32.2. The van der Waals surface area contributed by atoms with E-state index in [0.29, 0.717) is 16.4 Å². The van der Waals surface area contributed by atoms with Crippen LogP contribution in [0.15, 0.2) is 126 Å². The summed E-state index contributed by atoms with van der Waals surface area (Å²) in [7, 11) is 0. The molecule has 6 aromatic carbocycles. The SMILES string of the molecule is [2H]c1c([2H])c([2H])c2c(oc3c(-c4c5ccccc5c(-c5ccccc5)c5ccccc45)cccc32)c1[2H]. The fourth-order valence-electron chi connectivity index (χ4n) is 5.04. The zero-order chi connectivity index (χ0) is 25.3. The zero-order valence-corrected chi connectivity index (χ0v) is 17.6. The van der Waals surface area contributed by atoms with Crippen molar-refractivity contribution in [1.29, 1.82) is 0 Å². The van der Waals surface area contributed by atoms with Crippen molar-refractivity contribution in [3.63, 3.8) is 0 Å². The number of fused-ring (bicyclic) bond motifs is 5. The highest BCUT2D eigenvalue weighted by Gasteiger charge is 2.19. The molecule has 1 heterocycles. The third-order valence-electron chi connectivity index (χ3n) is 6.40. The van der Waals surface area contributed by atoms with Crippen LogP contribution in [0.1, 0.15) is 5.48 Å². The van der Waals surface area contributed by atoms with Gasteiger partial charge in [-0.1, -0.05) is 115 Å². The normalized spacial score (nSPS) is 13.3. The Hall–Kier alpha value is -4.36. The van der Waals surface area contributed by atoms with E-state index in [9.17, 15) is 0 Å². The summed E-state index contributed by atoms with van der Waals surface area (Å²) in [5, 5.41) is 5.50. The molecule has 0 N–H and O–H groups in total. The molecule has 154 valence electrons. The van der Waals surface area contributed by atoms with Crippen LogP contribution in [0.5, 0.6) is 0 Å². The van der Waals surface area contributed by atoms with Gasteiger partial charge in [-0.15, -0.1) is 0 Å². The zero-order valence-electron chi connectivity index (χ0n) is 21.6. The molecule has 0 aliphatic rings. The minimum atomic E-state index is -0.291. The standard InChI is InChI=1S/C32H20O/c1-2-11-21(12-3-1)30-23-14-4-6-16-25(23)31(26-17-7-5-15-24(26)30)28-19-10-18-27-22-13-8-9-20-29(22)33-32(27)28/h1-20H/i8D,9D,13D,20D. The van der Waals surface area contributed by atoms with Gasteiger partial charge >= 0.3 is 0 Å². The first-order valence-electron chi connectivity index (χ1n) is 13.0. The number of rotatable bonds is 2. The first kappa shape index (κ1) is 14.7. The van der Waals surface area contributed by atoms with E-state index < -0.39 is 0 Å². The van der Waals surface area contributed by atoms with Crippen LogP contribution in [0.25, 0.3) is 65.7 Å². The lowest BCUT2D eigenvalue weighted by Gasteiger charge is -2.17. The second kappa shape index (κ2) is 7.08. The minimum Gasteiger partial charge on any atom is -0.455 e. The van der Waals surface area contributed by atoms with Crippen molar-refractivity contribution in [3.8, 4) is 22.3 Å². The van der Waals surface area contributed by atoms with Crippen molar-refractivity contribution in [1.82, 2.24) is 0 Å². The van der Waals surface area contributed by atoms with Gasteiger partial charge < -0.3 is 4.42 Å². The summed E-state index contributed by atoms with van der Waals surface area (Å²) in [6.45, 7) is 0. The molecule has 0 aliphatic carbocycles. The number of furan rings is 1. The summed E-state index contributed by atoms with van der Waals surface area (Å²) >= 11 is 0. The number of hydrogen-bond acceptors (Lipinski definition) is 1. The van der Waals surface area contributed by atoms with Crippen molar-refractivity contribution >= 4 is 43.5 Å². The summed E-state index contributed by atoms with van der Waals surface area (Å²) < 4.78 is 39.6. The first-order chi connectivity index (χ1) is 18.1. The number of para-hydroxylation sites is 2. The van der Waals surface area contributed by atoms with Crippen molar-refractivity contribution < 1.29 is 9.90 Å². The Bertz CT molecular complexity index is 1970. The Morgan fingerprint density at radius 1 is 0.485 bits per heavy atom. The molecule has 33 heavy (non-hydrogen) atoms. The monoisotopic (exact) mass is 424 g/mol. The molecular weight excluding hydrogens is 400 g/mol. The van der Waals surface area contributed by atoms with Crippen molar-refractivity contribution in [2.45, 2.75) is 0 Å². The van der Waals surface area contributed by atoms with Crippen LogP contribution >= 0.6 is 0 Å². The average Bonchev–Trinajstić information content (AvgIpc) is 3.34. The first-order valence-corrected chi connectivity index (χ1v) is 11.0. The summed E-state index contributed by atoms with van der Waals surface area (Å²) in [6.07, 6.45) is 0. The van der Waals surface area contributed by atoms with Gasteiger partial charge in [-0.05, 0) is 38.7 Å². The molecule has 7 aromatic rings. The van der Waals surface area contributed by atoms with Crippen LogP contribution < -0.4 is 0 Å². The summed E-state index contributed by atoms with van der Waals surface area (Å²) in [5.41, 5.74) is 4.94. The van der Waals surface area contributed by atoms with E-state index in [4.69, 9.17) is 9.90 Å². The molecule has 0 radical (unpaired) electrons. The Kier molecular flexibility index (Phi) is 3.14. The second-order valence-electron chi connectivity index (χ2n) is 8.20. The minimum absolute atomic E-state index is 0.0824. The Balaban J connectivity index is 1.68. The highest BCUT2D eigenvalue weighted by Crippen LogP contribution is 2.46. The Labute approximate surface area is 197 Å². The molecule has 0 aliphatic heterocycles. The van der Waals surface area contributed by atoms with Gasteiger partial charge in [-0.25, -0.2) is 0 Å². The third kappa shape index (κ3) is 2.66. The highest BCUT2D eigenvalue weighted by molar-refractivity contribution is 6.24. The molecule has 0 amide bonds. The lowest BCUT2D eigenvalue weighted by Crippen LogP contribution is -1.90. The van der Waals surface area contributed by atoms with Gasteiger partial charge in [-0.2, -0.15) is 0 Å². The second-order valence-corrected chi connectivity index (χ2v) is 8.20. The van der Waals surface area contributed by atoms with Crippen LogP contribution in [0.3, 0.4) is 0 Å². The van der Waals surface area contributed by atoms with E-state index in [1.807, 2.05) is 36.4 Å². The molecule has 1 aromatic heterocycles. The van der Waals surface area contributed by atoms with E-state index in [0.717, 1.165) is 38.2 Å². The van der Waals surface area contributed by atoms with Crippen LogP contribution in [0, 0.1) is 0 Å². The van der Waals surface area contributed by atoms with Crippen molar-refractivity contribution in [2.75, 3.05) is 0 Å². The topological polar surface area (TPSA) is 13.1 Å². The predicted octanol–water partition coefficient (Wildman–Crippen LogP) is 9.23. The molecule has 0 fully saturated rings. The average molecular weight is 425 g/mol. The van der Waals surface area contributed by atoms with Gasteiger partial charge in [0.2, 0.25) is 0 Å². The predicted molar refractivity (Wildman–Crippen MR) is 140 cm³/mol. The van der Waals surface area contributed by atoms with E-state index in [2.05, 4.69) is 60.7 Å². The maximum atomic E-state index is 8.53. The van der Waals surface area contributed by atoms with E-state index in [1.165, 1.54) is 5.56 Å². The summed E-state index contributed by atoms with van der Waals surface area (Å²) in [5.74, 6) is 0. The fourth-order valence-corrected chi connectivity index (χ4v) is 5.04. The molecule has 1 nitrogen and oxygen atoms in total. The highest BCUT2D eigenvalue weighted by atomic mass is 16.3. The van der Waals surface area contributed by atoms with Crippen molar-refractivity contribution in [2.24, 2.45) is 0 Å². The third-order valence-corrected chi connectivity index (χ3v) is 6.40. The van der Waals surface area contributed by atoms with E-state index >= 15 is 0 Å². The maximum Gasteiger partial charge on any atom is 0.143 e. The Morgan fingerprint density at radius 3 is 1.76 bits per heavy atom.